The first-order chi connectivity index (χ1) is 6.74. The fourth-order valence-electron chi connectivity index (χ4n) is 0.641. The SMILES string of the molecule is OCC(O)CO.OCc1ccccc1.[KH]. The van der Waals surface area contributed by atoms with Crippen molar-refractivity contribution < 1.29 is 20.4 Å². The van der Waals surface area contributed by atoms with E-state index in [0.29, 0.717) is 0 Å². The van der Waals surface area contributed by atoms with E-state index < -0.39 is 6.10 Å². The third-order valence-electron chi connectivity index (χ3n) is 1.45. The fraction of sp³-hybridized carbons (Fsp3) is 0.400. The molecule has 15 heavy (non-hydrogen) atoms. The van der Waals surface area contributed by atoms with Crippen LogP contribution in [0, 0.1) is 0 Å². The standard InChI is InChI=1S/C7H8O.C3H8O3.K.H/c8-6-7-4-2-1-3-5-7;4-1-3(6)2-5;;/h1-5,8H,6H2;3-6H,1-2H2;;. The van der Waals surface area contributed by atoms with E-state index in [1.807, 2.05) is 30.3 Å². The summed E-state index contributed by atoms with van der Waals surface area (Å²) in [5.74, 6) is 0. The molecule has 0 bridgehead atoms. The van der Waals surface area contributed by atoms with Crippen molar-refractivity contribution in [3.8, 4) is 0 Å². The maximum absolute atomic E-state index is 8.54. The van der Waals surface area contributed by atoms with E-state index in [9.17, 15) is 0 Å². The Bertz CT molecular complexity index is 214. The second-order valence-corrected chi connectivity index (χ2v) is 2.66. The molecule has 0 fully saturated rings. The zero-order valence-electron chi connectivity index (χ0n) is 7.87. The minimum absolute atomic E-state index is 0. The van der Waals surface area contributed by atoms with Gasteiger partial charge in [-0.25, -0.2) is 0 Å². The Morgan fingerprint density at radius 2 is 1.40 bits per heavy atom. The third-order valence-corrected chi connectivity index (χ3v) is 1.45. The van der Waals surface area contributed by atoms with Crippen molar-refractivity contribution in [3.63, 3.8) is 0 Å². The molecule has 1 aromatic rings. The van der Waals surface area contributed by atoms with Gasteiger partial charge >= 0.3 is 51.4 Å². The van der Waals surface area contributed by atoms with E-state index in [1.54, 1.807) is 0 Å². The Morgan fingerprint density at radius 3 is 1.60 bits per heavy atom. The molecule has 0 unspecified atom stereocenters. The summed E-state index contributed by atoms with van der Waals surface area (Å²) in [4.78, 5) is 0. The van der Waals surface area contributed by atoms with Gasteiger partial charge in [-0.3, -0.25) is 0 Å². The zero-order valence-corrected chi connectivity index (χ0v) is 7.87. The van der Waals surface area contributed by atoms with Gasteiger partial charge in [-0.2, -0.15) is 0 Å². The molecule has 1 rings (SSSR count). The van der Waals surface area contributed by atoms with Crippen molar-refractivity contribution in [2.45, 2.75) is 12.7 Å². The van der Waals surface area contributed by atoms with Gasteiger partial charge in [0.05, 0.1) is 19.8 Å². The van der Waals surface area contributed by atoms with Gasteiger partial charge < -0.3 is 20.4 Å². The topological polar surface area (TPSA) is 80.9 Å². The summed E-state index contributed by atoms with van der Waals surface area (Å²) >= 11 is 0. The van der Waals surface area contributed by atoms with Crippen LogP contribution >= 0.6 is 0 Å². The van der Waals surface area contributed by atoms with Crippen LogP contribution in [0.1, 0.15) is 5.56 Å². The molecule has 0 radical (unpaired) electrons. The molecule has 0 aromatic heterocycles. The Labute approximate surface area is 132 Å². The van der Waals surface area contributed by atoms with Crippen molar-refractivity contribution in [3.05, 3.63) is 35.9 Å². The Balaban J connectivity index is 0. The number of hydrogen-bond donors (Lipinski definition) is 4. The number of hydrogen-bond acceptors (Lipinski definition) is 4. The number of benzene rings is 1. The van der Waals surface area contributed by atoms with Crippen LogP contribution in [0.15, 0.2) is 30.3 Å². The Kier molecular flexibility index (Phi) is 15.4. The molecule has 0 aliphatic rings. The normalized spacial score (nSPS) is 8.87. The van der Waals surface area contributed by atoms with Crippen molar-refractivity contribution >= 4 is 51.4 Å². The summed E-state index contributed by atoms with van der Waals surface area (Å²) in [6.07, 6.45) is -0.954. The first kappa shape index (κ1) is 18.1. The molecule has 82 valence electrons. The van der Waals surface area contributed by atoms with Gasteiger partial charge in [-0.15, -0.1) is 0 Å². The van der Waals surface area contributed by atoms with Crippen LogP contribution in [0.2, 0.25) is 0 Å². The monoisotopic (exact) mass is 240 g/mol. The molecular formula is C10H17KO4. The molecule has 0 saturated carbocycles. The molecule has 0 amide bonds. The molecule has 0 spiro atoms. The summed E-state index contributed by atoms with van der Waals surface area (Å²) in [6.45, 7) is -0.589. The van der Waals surface area contributed by atoms with Crippen LogP contribution in [-0.4, -0.2) is 91.1 Å². The van der Waals surface area contributed by atoms with Gasteiger partial charge in [0.2, 0.25) is 0 Å². The fourth-order valence-corrected chi connectivity index (χ4v) is 0.641. The average Bonchev–Trinajstić information content (AvgIpc) is 2.30. The summed E-state index contributed by atoms with van der Waals surface area (Å²) in [5.41, 5.74) is 0.965. The van der Waals surface area contributed by atoms with E-state index in [2.05, 4.69) is 0 Å². The van der Waals surface area contributed by atoms with Crippen LogP contribution in [-0.2, 0) is 6.61 Å². The third kappa shape index (κ3) is 11.0. The number of aliphatic hydroxyl groups excluding tert-OH is 4. The molecule has 0 saturated heterocycles. The molecule has 0 heterocycles. The van der Waals surface area contributed by atoms with E-state index in [1.165, 1.54) is 0 Å². The maximum atomic E-state index is 8.54. The zero-order chi connectivity index (χ0) is 10.8. The predicted molar refractivity (Wildman–Crippen MR) is 59.7 cm³/mol. The second kappa shape index (κ2) is 12.8. The minimum atomic E-state index is -0.954. The number of aliphatic hydroxyl groups is 4. The van der Waals surface area contributed by atoms with Crippen LogP contribution < -0.4 is 0 Å². The molecule has 5 heteroatoms. The first-order valence-electron chi connectivity index (χ1n) is 4.29. The van der Waals surface area contributed by atoms with Crippen molar-refractivity contribution in [2.24, 2.45) is 0 Å². The van der Waals surface area contributed by atoms with Crippen LogP contribution in [0.25, 0.3) is 0 Å². The van der Waals surface area contributed by atoms with E-state index in [-0.39, 0.29) is 71.2 Å². The average molecular weight is 240 g/mol. The molecular weight excluding hydrogens is 223 g/mol. The predicted octanol–water partition coefficient (Wildman–Crippen LogP) is -1.14. The van der Waals surface area contributed by atoms with Crippen molar-refractivity contribution in [1.29, 1.82) is 0 Å². The van der Waals surface area contributed by atoms with Gasteiger partial charge in [-0.1, -0.05) is 30.3 Å². The second-order valence-electron chi connectivity index (χ2n) is 2.66. The van der Waals surface area contributed by atoms with Gasteiger partial charge in [-0.05, 0) is 5.56 Å². The van der Waals surface area contributed by atoms with Crippen LogP contribution in [0.4, 0.5) is 0 Å². The molecule has 0 aliphatic heterocycles. The van der Waals surface area contributed by atoms with Gasteiger partial charge in [0.15, 0.2) is 0 Å². The van der Waals surface area contributed by atoms with Gasteiger partial charge in [0.1, 0.15) is 6.10 Å². The van der Waals surface area contributed by atoms with Crippen LogP contribution in [0.3, 0.4) is 0 Å². The van der Waals surface area contributed by atoms with Crippen molar-refractivity contribution in [1.82, 2.24) is 0 Å². The Hall–Kier alpha value is 0.696. The summed E-state index contributed by atoms with van der Waals surface area (Å²) < 4.78 is 0. The molecule has 4 N–H and O–H groups in total. The Morgan fingerprint density at radius 1 is 0.933 bits per heavy atom. The molecule has 0 atom stereocenters. The first-order valence-corrected chi connectivity index (χ1v) is 4.29. The molecule has 4 nitrogen and oxygen atoms in total. The summed E-state index contributed by atoms with van der Waals surface area (Å²) in [5, 5.41) is 32.6. The summed E-state index contributed by atoms with van der Waals surface area (Å²) in [6, 6.07) is 9.52. The van der Waals surface area contributed by atoms with E-state index in [4.69, 9.17) is 20.4 Å². The summed E-state index contributed by atoms with van der Waals surface area (Å²) in [7, 11) is 0. The number of rotatable bonds is 3. The quantitative estimate of drug-likeness (QED) is 0.504. The molecule has 0 aliphatic carbocycles. The molecule has 1 aromatic carbocycles. The van der Waals surface area contributed by atoms with Crippen LogP contribution in [0.5, 0.6) is 0 Å². The van der Waals surface area contributed by atoms with Crippen molar-refractivity contribution in [2.75, 3.05) is 13.2 Å². The van der Waals surface area contributed by atoms with E-state index >= 15 is 0 Å². The van der Waals surface area contributed by atoms with Gasteiger partial charge in [0, 0.05) is 0 Å². The van der Waals surface area contributed by atoms with Gasteiger partial charge in [0.25, 0.3) is 0 Å². The van der Waals surface area contributed by atoms with E-state index in [0.717, 1.165) is 5.56 Å².